The molecule has 3 aliphatic rings. The number of fused-ring (bicyclic) bond motifs is 1. The number of carbonyl (C=O) groups excluding carboxylic acids is 3. The summed E-state index contributed by atoms with van der Waals surface area (Å²) in [5, 5.41) is 24.3. The Kier molecular flexibility index (Phi) is 6.24. The zero-order valence-electron chi connectivity index (χ0n) is 18.3. The van der Waals surface area contributed by atoms with Crippen LogP contribution in [-0.4, -0.2) is 56.7 Å². The molecule has 4 amide bonds. The van der Waals surface area contributed by atoms with Crippen molar-refractivity contribution in [1.82, 2.24) is 30.5 Å². The van der Waals surface area contributed by atoms with Crippen molar-refractivity contribution >= 4 is 47.1 Å². The number of allylic oxidation sites excluding steroid dienone is 1. The highest BCUT2D eigenvalue weighted by atomic mass is 32.2. The van der Waals surface area contributed by atoms with E-state index in [4.69, 9.17) is 10.1 Å². The summed E-state index contributed by atoms with van der Waals surface area (Å²) in [6.45, 7) is 0.644. The van der Waals surface area contributed by atoms with Crippen LogP contribution in [0.1, 0.15) is 48.6 Å². The molecule has 0 aromatic carbocycles. The van der Waals surface area contributed by atoms with Crippen molar-refractivity contribution in [3.05, 3.63) is 40.2 Å². The van der Waals surface area contributed by atoms with E-state index in [0.29, 0.717) is 41.5 Å². The predicted molar refractivity (Wildman–Crippen MR) is 127 cm³/mol. The van der Waals surface area contributed by atoms with Crippen molar-refractivity contribution in [2.24, 2.45) is 0 Å². The Labute approximate surface area is 199 Å². The summed E-state index contributed by atoms with van der Waals surface area (Å²) < 4.78 is 1.70. The fourth-order valence-electron chi connectivity index (χ4n) is 3.76. The van der Waals surface area contributed by atoms with E-state index in [0.717, 1.165) is 30.8 Å². The van der Waals surface area contributed by atoms with Crippen molar-refractivity contribution in [3.63, 3.8) is 0 Å². The predicted octanol–water partition coefficient (Wildman–Crippen LogP) is 1.43. The Bertz CT molecular complexity index is 1220. The number of thioether (sulfide) groups is 1. The highest BCUT2D eigenvalue weighted by molar-refractivity contribution is 8.04. The van der Waals surface area contributed by atoms with E-state index in [1.807, 2.05) is 12.1 Å². The first-order valence-corrected chi connectivity index (χ1v) is 12.1. The lowest BCUT2D eigenvalue weighted by molar-refractivity contribution is -0.117. The van der Waals surface area contributed by atoms with E-state index < -0.39 is 11.9 Å². The number of aliphatic hydroxyl groups is 1. The quantitative estimate of drug-likeness (QED) is 0.204. The lowest BCUT2D eigenvalue weighted by Gasteiger charge is -2.14. The van der Waals surface area contributed by atoms with Crippen LogP contribution >= 0.6 is 11.8 Å². The summed E-state index contributed by atoms with van der Waals surface area (Å²) in [5.41, 5.74) is 2.11. The van der Waals surface area contributed by atoms with Gasteiger partial charge in [-0.15, -0.1) is 11.8 Å². The molecule has 34 heavy (non-hydrogen) atoms. The molecule has 11 nitrogen and oxygen atoms in total. The number of imide groups is 1. The van der Waals surface area contributed by atoms with Crippen molar-refractivity contribution in [3.8, 4) is 0 Å². The van der Waals surface area contributed by atoms with E-state index in [-0.39, 0.29) is 23.5 Å². The van der Waals surface area contributed by atoms with Gasteiger partial charge >= 0.3 is 6.03 Å². The highest BCUT2D eigenvalue weighted by Crippen LogP contribution is 2.44. The van der Waals surface area contributed by atoms with Crippen LogP contribution in [0.15, 0.2) is 28.9 Å². The minimum atomic E-state index is -0.562. The van der Waals surface area contributed by atoms with Crippen molar-refractivity contribution in [2.45, 2.75) is 43.4 Å². The number of hydrogen-bond acceptors (Lipinski definition) is 8. The Hall–Kier alpha value is -3.38. The molecule has 178 valence electrons. The van der Waals surface area contributed by atoms with E-state index in [1.165, 1.54) is 11.8 Å². The summed E-state index contributed by atoms with van der Waals surface area (Å²) in [6, 6.07) is 1.79. The number of hydrogen-bond donors (Lipinski definition) is 5. The molecule has 1 aliphatic carbocycles. The number of unbranched alkanes of at least 4 members (excludes halogenated alkanes) is 1. The molecule has 0 spiro atoms. The average Bonchev–Trinajstić information content (AvgIpc) is 3.19. The summed E-state index contributed by atoms with van der Waals surface area (Å²) >= 11 is 1.47. The monoisotopic (exact) mass is 483 g/mol. The average molecular weight is 484 g/mol. The molecule has 2 aromatic heterocycles. The first kappa shape index (κ1) is 22.4. The largest absolute Gasteiger partial charge is 0.396 e. The third-order valence-corrected chi connectivity index (χ3v) is 7.00. The van der Waals surface area contributed by atoms with E-state index >= 15 is 0 Å². The standard InChI is InChI=1S/C22H25N7O4S/c30-8-2-1-7-23-21(32)17-6-5-16(34-17)14-10-18(25-13-3-4-13)29-19(26-14)12(11-24-29)9-15-20(31)28-22(33)27-15/h6,9-11,13,16,25,30H,1-5,7-8H2,(H,23,32)(H2,27,28,31,33)/b15-9-. The van der Waals surface area contributed by atoms with Gasteiger partial charge in [0.1, 0.15) is 11.5 Å². The number of rotatable bonds is 9. The van der Waals surface area contributed by atoms with Crippen LogP contribution in [0.3, 0.4) is 0 Å². The Balaban J connectivity index is 1.39. The molecular formula is C22H25N7O4S. The molecule has 1 saturated heterocycles. The van der Waals surface area contributed by atoms with Gasteiger partial charge in [-0.05, 0) is 38.2 Å². The Morgan fingerprint density at radius 1 is 1.29 bits per heavy atom. The lowest BCUT2D eigenvalue weighted by atomic mass is 10.2. The van der Waals surface area contributed by atoms with E-state index in [1.54, 1.807) is 16.8 Å². The van der Waals surface area contributed by atoms with Gasteiger partial charge in [0.2, 0.25) is 0 Å². The zero-order valence-corrected chi connectivity index (χ0v) is 19.2. The SMILES string of the molecule is O=C1NC(=O)/C(=C/c2cnn3c(NC4CC4)cc(C4CC=C(C(=O)NCCCCO)S4)nc23)N1. The summed E-state index contributed by atoms with van der Waals surface area (Å²) in [7, 11) is 0. The normalized spacial score (nSPS) is 21.0. The van der Waals surface area contributed by atoms with Crippen LogP contribution in [0.2, 0.25) is 0 Å². The minimum Gasteiger partial charge on any atom is -0.396 e. The molecule has 12 heteroatoms. The van der Waals surface area contributed by atoms with Gasteiger partial charge in [-0.3, -0.25) is 14.9 Å². The number of urea groups is 1. The molecule has 1 saturated carbocycles. The maximum Gasteiger partial charge on any atom is 0.326 e. The van der Waals surface area contributed by atoms with E-state index in [9.17, 15) is 14.4 Å². The summed E-state index contributed by atoms with van der Waals surface area (Å²) in [5.74, 6) is 0.192. The molecule has 1 atom stereocenters. The Morgan fingerprint density at radius 2 is 2.15 bits per heavy atom. The molecule has 1 unspecified atom stereocenters. The highest BCUT2D eigenvalue weighted by Gasteiger charge is 2.29. The fourth-order valence-corrected chi connectivity index (χ4v) is 4.87. The Morgan fingerprint density at radius 3 is 2.88 bits per heavy atom. The molecule has 2 aromatic rings. The smallest absolute Gasteiger partial charge is 0.326 e. The van der Waals surface area contributed by atoms with Gasteiger partial charge in [0.05, 0.1) is 22.0 Å². The molecule has 4 heterocycles. The first-order valence-electron chi connectivity index (χ1n) is 11.3. The van der Waals surface area contributed by atoms with Gasteiger partial charge in [-0.1, -0.05) is 6.08 Å². The number of anilines is 1. The molecule has 0 radical (unpaired) electrons. The van der Waals surface area contributed by atoms with Gasteiger partial charge in [-0.2, -0.15) is 9.61 Å². The number of nitrogens with zero attached hydrogens (tertiary/aromatic N) is 3. The molecule has 2 aliphatic heterocycles. The maximum atomic E-state index is 12.5. The molecule has 0 bridgehead atoms. The number of aromatic nitrogens is 3. The van der Waals surface area contributed by atoms with Crippen LogP contribution in [0.25, 0.3) is 11.7 Å². The third kappa shape index (κ3) is 4.77. The topological polar surface area (TPSA) is 150 Å². The van der Waals surface area contributed by atoms with Gasteiger partial charge in [-0.25, -0.2) is 9.78 Å². The van der Waals surface area contributed by atoms with Gasteiger partial charge < -0.3 is 21.1 Å². The van der Waals surface area contributed by atoms with Crippen LogP contribution in [0.4, 0.5) is 10.6 Å². The van der Waals surface area contributed by atoms with Gasteiger partial charge in [0.25, 0.3) is 11.8 Å². The third-order valence-electron chi connectivity index (χ3n) is 5.68. The molecule has 5 rings (SSSR count). The van der Waals surface area contributed by atoms with Crippen molar-refractivity contribution in [2.75, 3.05) is 18.5 Å². The second-order valence-corrected chi connectivity index (χ2v) is 9.63. The summed E-state index contributed by atoms with van der Waals surface area (Å²) in [6.07, 6.45) is 9.33. The van der Waals surface area contributed by atoms with E-state index in [2.05, 4.69) is 26.4 Å². The number of carbonyl (C=O) groups is 3. The van der Waals surface area contributed by atoms with Crippen LogP contribution in [0, 0.1) is 0 Å². The molecular weight excluding hydrogens is 458 g/mol. The lowest BCUT2D eigenvalue weighted by Crippen LogP contribution is -2.24. The van der Waals surface area contributed by atoms with Crippen molar-refractivity contribution < 1.29 is 19.5 Å². The fraction of sp³-hybridized carbons (Fsp3) is 0.409. The minimum absolute atomic E-state index is 0.0344. The maximum absolute atomic E-state index is 12.5. The second kappa shape index (κ2) is 9.47. The molecule has 5 N–H and O–H groups in total. The number of nitrogens with one attached hydrogen (secondary N) is 4. The van der Waals surface area contributed by atoms with Gasteiger partial charge in [0, 0.05) is 30.8 Å². The van der Waals surface area contributed by atoms with Crippen LogP contribution in [-0.2, 0) is 9.59 Å². The number of aliphatic hydroxyl groups excluding tert-OH is 1. The molecule has 2 fully saturated rings. The van der Waals surface area contributed by atoms with Gasteiger partial charge in [0.15, 0.2) is 5.65 Å². The summed E-state index contributed by atoms with van der Waals surface area (Å²) in [4.78, 5) is 41.4. The first-order chi connectivity index (χ1) is 16.5. The second-order valence-electron chi connectivity index (χ2n) is 8.38. The van der Waals surface area contributed by atoms with Crippen molar-refractivity contribution in [1.29, 1.82) is 0 Å². The van der Waals surface area contributed by atoms with Crippen LogP contribution < -0.4 is 21.3 Å². The zero-order chi connectivity index (χ0) is 23.7. The number of amides is 4. The van der Waals surface area contributed by atoms with Crippen LogP contribution in [0.5, 0.6) is 0 Å².